The van der Waals surface area contributed by atoms with E-state index in [0.29, 0.717) is 5.41 Å². The van der Waals surface area contributed by atoms with Crippen molar-refractivity contribution in [2.24, 2.45) is 11.3 Å². The molecule has 1 heteroatoms. The standard InChI is InChI=1S/C11H23N/c1-9-6-10(7-9)12(5)8-11(2,3)4/h9-10H,6-8H2,1-5H3. The molecule has 0 radical (unpaired) electrons. The summed E-state index contributed by atoms with van der Waals surface area (Å²) >= 11 is 0. The molecule has 0 amide bonds. The first-order chi connectivity index (χ1) is 5.38. The fourth-order valence-electron chi connectivity index (χ4n) is 2.10. The van der Waals surface area contributed by atoms with Crippen LogP contribution in [0.3, 0.4) is 0 Å². The molecular formula is C11H23N. The molecule has 0 aromatic rings. The molecule has 72 valence electrons. The van der Waals surface area contributed by atoms with Gasteiger partial charge in [0.25, 0.3) is 0 Å². The smallest absolute Gasteiger partial charge is 0.00975 e. The van der Waals surface area contributed by atoms with Crippen molar-refractivity contribution in [3.05, 3.63) is 0 Å². The fourth-order valence-corrected chi connectivity index (χ4v) is 2.10. The van der Waals surface area contributed by atoms with Crippen LogP contribution in [0.4, 0.5) is 0 Å². The Balaban J connectivity index is 2.25. The maximum absolute atomic E-state index is 2.53. The Labute approximate surface area is 77.1 Å². The summed E-state index contributed by atoms with van der Waals surface area (Å²) in [6.45, 7) is 10.5. The van der Waals surface area contributed by atoms with Gasteiger partial charge in [-0.3, -0.25) is 0 Å². The van der Waals surface area contributed by atoms with Gasteiger partial charge in [0.2, 0.25) is 0 Å². The summed E-state index contributed by atoms with van der Waals surface area (Å²) in [4.78, 5) is 2.53. The fraction of sp³-hybridized carbons (Fsp3) is 1.00. The van der Waals surface area contributed by atoms with Crippen LogP contribution < -0.4 is 0 Å². The number of nitrogens with zero attached hydrogens (tertiary/aromatic N) is 1. The summed E-state index contributed by atoms with van der Waals surface area (Å²) in [6, 6.07) is 0.874. The molecule has 1 aliphatic carbocycles. The summed E-state index contributed by atoms with van der Waals surface area (Å²) in [5.74, 6) is 0.970. The molecule has 1 rings (SSSR count). The topological polar surface area (TPSA) is 3.24 Å². The van der Waals surface area contributed by atoms with Gasteiger partial charge in [-0.1, -0.05) is 27.7 Å². The number of hydrogen-bond donors (Lipinski definition) is 0. The molecule has 0 heterocycles. The lowest BCUT2D eigenvalue weighted by Crippen LogP contribution is -2.44. The summed E-state index contributed by atoms with van der Waals surface area (Å²) in [5, 5.41) is 0. The summed E-state index contributed by atoms with van der Waals surface area (Å²) in [6.07, 6.45) is 2.82. The third-order valence-corrected chi connectivity index (χ3v) is 2.70. The van der Waals surface area contributed by atoms with Gasteiger partial charge in [-0.15, -0.1) is 0 Å². The first kappa shape index (κ1) is 10.0. The summed E-state index contributed by atoms with van der Waals surface area (Å²) in [7, 11) is 2.27. The van der Waals surface area contributed by atoms with E-state index in [1.54, 1.807) is 0 Å². The molecule has 1 aliphatic rings. The molecule has 0 atom stereocenters. The maximum Gasteiger partial charge on any atom is 0.00975 e. The van der Waals surface area contributed by atoms with Crippen LogP contribution in [-0.2, 0) is 0 Å². The largest absolute Gasteiger partial charge is 0.303 e. The van der Waals surface area contributed by atoms with Crippen molar-refractivity contribution in [3.63, 3.8) is 0 Å². The van der Waals surface area contributed by atoms with Crippen molar-refractivity contribution in [1.82, 2.24) is 4.90 Å². The lowest BCUT2D eigenvalue weighted by molar-refractivity contribution is 0.0809. The highest BCUT2D eigenvalue weighted by molar-refractivity contribution is 4.84. The quantitative estimate of drug-likeness (QED) is 0.614. The van der Waals surface area contributed by atoms with E-state index in [1.165, 1.54) is 19.4 Å². The average Bonchev–Trinajstić information content (AvgIpc) is 1.76. The van der Waals surface area contributed by atoms with Gasteiger partial charge in [0.15, 0.2) is 0 Å². The molecule has 0 aliphatic heterocycles. The van der Waals surface area contributed by atoms with Crippen LogP contribution in [0.15, 0.2) is 0 Å². The molecule has 1 fully saturated rings. The summed E-state index contributed by atoms with van der Waals surface area (Å²) in [5.41, 5.74) is 0.452. The average molecular weight is 169 g/mol. The Morgan fingerprint density at radius 1 is 1.25 bits per heavy atom. The molecule has 1 saturated carbocycles. The van der Waals surface area contributed by atoms with Crippen molar-refractivity contribution in [2.45, 2.75) is 46.6 Å². The first-order valence-electron chi connectivity index (χ1n) is 5.09. The number of rotatable bonds is 2. The second-order valence-electron chi connectivity index (χ2n) is 5.71. The Bertz CT molecular complexity index is 140. The molecule has 0 unspecified atom stereocenters. The van der Waals surface area contributed by atoms with Crippen molar-refractivity contribution < 1.29 is 0 Å². The predicted molar refractivity (Wildman–Crippen MR) is 54.3 cm³/mol. The second kappa shape index (κ2) is 3.37. The normalized spacial score (nSPS) is 30.5. The van der Waals surface area contributed by atoms with Crippen molar-refractivity contribution in [3.8, 4) is 0 Å². The van der Waals surface area contributed by atoms with E-state index < -0.39 is 0 Å². The van der Waals surface area contributed by atoms with Crippen LogP contribution in [0, 0.1) is 11.3 Å². The lowest BCUT2D eigenvalue weighted by atomic mass is 9.80. The highest BCUT2D eigenvalue weighted by atomic mass is 15.1. The van der Waals surface area contributed by atoms with Crippen LogP contribution >= 0.6 is 0 Å². The Kier molecular flexibility index (Phi) is 2.82. The Hall–Kier alpha value is -0.0400. The molecule has 1 nitrogen and oxygen atoms in total. The van der Waals surface area contributed by atoms with Gasteiger partial charge in [-0.05, 0) is 31.2 Å². The van der Waals surface area contributed by atoms with Gasteiger partial charge >= 0.3 is 0 Å². The molecule has 0 aromatic carbocycles. The van der Waals surface area contributed by atoms with Gasteiger partial charge in [0.1, 0.15) is 0 Å². The van der Waals surface area contributed by atoms with E-state index in [2.05, 4.69) is 39.6 Å². The van der Waals surface area contributed by atoms with E-state index in [9.17, 15) is 0 Å². The third kappa shape index (κ3) is 2.78. The zero-order valence-electron chi connectivity index (χ0n) is 9.22. The van der Waals surface area contributed by atoms with E-state index in [4.69, 9.17) is 0 Å². The van der Waals surface area contributed by atoms with E-state index >= 15 is 0 Å². The minimum Gasteiger partial charge on any atom is -0.303 e. The number of hydrogen-bond acceptors (Lipinski definition) is 1. The minimum absolute atomic E-state index is 0.452. The van der Waals surface area contributed by atoms with Crippen molar-refractivity contribution >= 4 is 0 Å². The Morgan fingerprint density at radius 2 is 1.75 bits per heavy atom. The molecule has 0 saturated heterocycles. The molecule has 0 spiro atoms. The van der Waals surface area contributed by atoms with Crippen LogP contribution in [-0.4, -0.2) is 24.5 Å². The van der Waals surface area contributed by atoms with Gasteiger partial charge in [0.05, 0.1) is 0 Å². The predicted octanol–water partition coefficient (Wildman–Crippen LogP) is 2.76. The highest BCUT2D eigenvalue weighted by Crippen LogP contribution is 2.31. The van der Waals surface area contributed by atoms with E-state index in [-0.39, 0.29) is 0 Å². The summed E-state index contributed by atoms with van der Waals surface area (Å²) < 4.78 is 0. The molecule has 0 aromatic heterocycles. The molecule has 0 N–H and O–H groups in total. The van der Waals surface area contributed by atoms with Gasteiger partial charge in [0, 0.05) is 12.6 Å². The van der Waals surface area contributed by atoms with Crippen molar-refractivity contribution in [1.29, 1.82) is 0 Å². The Morgan fingerprint density at radius 3 is 2.08 bits per heavy atom. The third-order valence-electron chi connectivity index (χ3n) is 2.70. The maximum atomic E-state index is 2.53. The zero-order chi connectivity index (χ0) is 9.35. The second-order valence-corrected chi connectivity index (χ2v) is 5.71. The minimum atomic E-state index is 0.452. The molecular weight excluding hydrogens is 146 g/mol. The lowest BCUT2D eigenvalue weighted by Gasteiger charge is -2.42. The zero-order valence-corrected chi connectivity index (χ0v) is 9.22. The van der Waals surface area contributed by atoms with Crippen molar-refractivity contribution in [2.75, 3.05) is 13.6 Å². The van der Waals surface area contributed by atoms with Gasteiger partial charge in [-0.25, -0.2) is 0 Å². The van der Waals surface area contributed by atoms with Crippen LogP contribution in [0.1, 0.15) is 40.5 Å². The molecule has 12 heavy (non-hydrogen) atoms. The van der Waals surface area contributed by atoms with Gasteiger partial charge < -0.3 is 4.90 Å². The highest BCUT2D eigenvalue weighted by Gasteiger charge is 2.30. The van der Waals surface area contributed by atoms with E-state index in [1.807, 2.05) is 0 Å². The monoisotopic (exact) mass is 169 g/mol. The van der Waals surface area contributed by atoms with Crippen LogP contribution in [0.25, 0.3) is 0 Å². The molecule has 0 bridgehead atoms. The van der Waals surface area contributed by atoms with Gasteiger partial charge in [-0.2, -0.15) is 0 Å². The first-order valence-corrected chi connectivity index (χ1v) is 5.09. The van der Waals surface area contributed by atoms with Crippen LogP contribution in [0.5, 0.6) is 0 Å². The van der Waals surface area contributed by atoms with Crippen LogP contribution in [0.2, 0.25) is 0 Å². The SMILES string of the molecule is CC1CC(N(C)CC(C)(C)C)C1. The van der Waals surface area contributed by atoms with E-state index in [0.717, 1.165) is 12.0 Å².